The third-order valence-corrected chi connectivity index (χ3v) is 4.91. The monoisotopic (exact) mass is 356 g/mol. The number of benzene rings is 1. The first-order chi connectivity index (χ1) is 12.5. The van der Waals surface area contributed by atoms with Gasteiger partial charge in [0.25, 0.3) is 0 Å². The molecule has 7 heteroatoms. The highest BCUT2D eigenvalue weighted by Crippen LogP contribution is 2.28. The summed E-state index contributed by atoms with van der Waals surface area (Å²) in [7, 11) is 0. The molecule has 1 saturated heterocycles. The number of carbonyl (C=O) groups is 2. The second-order valence-corrected chi connectivity index (χ2v) is 6.76. The van der Waals surface area contributed by atoms with Crippen LogP contribution in [-0.2, 0) is 4.79 Å². The van der Waals surface area contributed by atoms with Crippen LogP contribution >= 0.6 is 0 Å². The van der Waals surface area contributed by atoms with Crippen LogP contribution in [0.3, 0.4) is 0 Å². The third-order valence-electron chi connectivity index (χ3n) is 4.91. The molecule has 1 fully saturated rings. The van der Waals surface area contributed by atoms with Gasteiger partial charge in [0.05, 0.1) is 11.7 Å². The summed E-state index contributed by atoms with van der Waals surface area (Å²) in [5.41, 5.74) is 1.09. The minimum Gasteiger partial charge on any atom is -0.339 e. The molecule has 1 amide bonds. The van der Waals surface area contributed by atoms with Gasteiger partial charge in [-0.25, -0.2) is 0 Å². The Morgan fingerprint density at radius 2 is 1.96 bits per heavy atom. The number of para-hydroxylation sites is 1. The average Bonchev–Trinajstić information content (AvgIpc) is 3.08. The van der Waals surface area contributed by atoms with Gasteiger partial charge in [0.2, 0.25) is 11.8 Å². The number of hydrogen-bond donors (Lipinski definition) is 1. The molecule has 1 aromatic heterocycles. The number of piperidine rings is 1. The van der Waals surface area contributed by atoms with E-state index in [2.05, 4.69) is 20.4 Å². The summed E-state index contributed by atoms with van der Waals surface area (Å²) in [5.74, 6) is 1.42. The van der Waals surface area contributed by atoms with Gasteiger partial charge in [-0.3, -0.25) is 14.5 Å². The first-order valence-corrected chi connectivity index (χ1v) is 8.90. The Kier molecular flexibility index (Phi) is 5.46. The van der Waals surface area contributed by atoms with Gasteiger partial charge < -0.3 is 9.84 Å². The summed E-state index contributed by atoms with van der Waals surface area (Å²) in [6.45, 7) is 6.78. The fourth-order valence-electron chi connectivity index (χ4n) is 3.31. The molecule has 1 aliphatic heterocycles. The van der Waals surface area contributed by atoms with E-state index >= 15 is 0 Å². The standard InChI is InChI=1S/C19H24N4O3/c1-12(18(25)21-17-7-5-4-6-16(17)13(2)24)23-10-8-15(9-11-23)19-20-14(3)22-26-19/h4-7,12,15H,8-11H2,1-3H3,(H,21,25)/t12-/m0/s1. The molecular formula is C19H24N4O3. The van der Waals surface area contributed by atoms with E-state index in [4.69, 9.17) is 4.52 Å². The van der Waals surface area contributed by atoms with Crippen molar-refractivity contribution in [2.75, 3.05) is 18.4 Å². The highest BCUT2D eigenvalue weighted by Gasteiger charge is 2.30. The summed E-state index contributed by atoms with van der Waals surface area (Å²) in [4.78, 5) is 30.8. The van der Waals surface area contributed by atoms with E-state index in [9.17, 15) is 9.59 Å². The van der Waals surface area contributed by atoms with E-state index in [1.165, 1.54) is 6.92 Å². The highest BCUT2D eigenvalue weighted by atomic mass is 16.5. The Morgan fingerprint density at radius 1 is 1.27 bits per heavy atom. The van der Waals surface area contributed by atoms with Gasteiger partial charge in [0, 0.05) is 11.5 Å². The molecule has 2 heterocycles. The summed E-state index contributed by atoms with van der Waals surface area (Å²) in [5, 5.41) is 6.74. The zero-order valence-electron chi connectivity index (χ0n) is 15.4. The van der Waals surface area contributed by atoms with Crippen LogP contribution in [0.4, 0.5) is 5.69 Å². The number of Topliss-reactive ketones (excluding diaryl/α,β-unsaturated/α-hetero) is 1. The van der Waals surface area contributed by atoms with Crippen LogP contribution in [-0.4, -0.2) is 45.9 Å². The number of hydrogen-bond acceptors (Lipinski definition) is 6. The third kappa shape index (κ3) is 3.99. The zero-order chi connectivity index (χ0) is 18.7. The molecule has 0 spiro atoms. The van der Waals surface area contributed by atoms with Crippen molar-refractivity contribution in [3.63, 3.8) is 0 Å². The van der Waals surface area contributed by atoms with E-state index in [1.807, 2.05) is 19.9 Å². The fraction of sp³-hybridized carbons (Fsp3) is 0.474. The molecule has 0 saturated carbocycles. The average molecular weight is 356 g/mol. The quantitative estimate of drug-likeness (QED) is 0.829. The van der Waals surface area contributed by atoms with Gasteiger partial charge in [-0.05, 0) is 58.8 Å². The number of aromatic nitrogens is 2. The van der Waals surface area contributed by atoms with Crippen LogP contribution in [0.25, 0.3) is 0 Å². The van der Waals surface area contributed by atoms with Crippen molar-refractivity contribution in [3.8, 4) is 0 Å². The predicted molar refractivity (Wildman–Crippen MR) is 97.1 cm³/mol. The van der Waals surface area contributed by atoms with Gasteiger partial charge in [-0.2, -0.15) is 4.98 Å². The van der Waals surface area contributed by atoms with Crippen LogP contribution in [0.5, 0.6) is 0 Å². The number of ketones is 1. The van der Waals surface area contributed by atoms with Crippen molar-refractivity contribution >= 4 is 17.4 Å². The van der Waals surface area contributed by atoms with Crippen LogP contribution in [0.1, 0.15) is 54.7 Å². The number of likely N-dealkylation sites (tertiary alicyclic amines) is 1. The van der Waals surface area contributed by atoms with Gasteiger partial charge >= 0.3 is 0 Å². The Morgan fingerprint density at radius 3 is 2.58 bits per heavy atom. The summed E-state index contributed by atoms with van der Waals surface area (Å²) >= 11 is 0. The topological polar surface area (TPSA) is 88.3 Å². The summed E-state index contributed by atoms with van der Waals surface area (Å²) < 4.78 is 5.27. The van der Waals surface area contributed by atoms with Gasteiger partial charge in [-0.15, -0.1) is 0 Å². The van der Waals surface area contributed by atoms with Crippen LogP contribution < -0.4 is 5.32 Å². The molecule has 138 valence electrons. The predicted octanol–water partition coefficient (Wildman–Crippen LogP) is 2.79. The molecular weight excluding hydrogens is 332 g/mol. The number of rotatable bonds is 5. The first kappa shape index (κ1) is 18.3. The van der Waals surface area contributed by atoms with Crippen molar-refractivity contribution < 1.29 is 14.1 Å². The number of nitrogens with one attached hydrogen (secondary N) is 1. The fourth-order valence-corrected chi connectivity index (χ4v) is 3.31. The maximum atomic E-state index is 12.6. The lowest BCUT2D eigenvalue weighted by atomic mass is 9.95. The number of nitrogens with zero attached hydrogens (tertiary/aromatic N) is 3. The lowest BCUT2D eigenvalue weighted by Crippen LogP contribution is -2.45. The molecule has 7 nitrogen and oxygen atoms in total. The molecule has 26 heavy (non-hydrogen) atoms. The molecule has 0 unspecified atom stereocenters. The normalized spacial score (nSPS) is 17.0. The van der Waals surface area contributed by atoms with Crippen molar-refractivity contribution in [2.24, 2.45) is 0 Å². The van der Waals surface area contributed by atoms with E-state index < -0.39 is 0 Å². The Balaban J connectivity index is 1.59. The van der Waals surface area contributed by atoms with E-state index in [0.717, 1.165) is 25.9 Å². The van der Waals surface area contributed by atoms with Crippen LogP contribution in [0, 0.1) is 6.92 Å². The SMILES string of the molecule is CC(=O)c1ccccc1NC(=O)[C@H](C)N1CCC(c2nc(C)no2)CC1. The Labute approximate surface area is 152 Å². The summed E-state index contributed by atoms with van der Waals surface area (Å²) in [6, 6.07) is 6.80. The first-order valence-electron chi connectivity index (χ1n) is 8.90. The molecule has 2 aromatic rings. The number of amides is 1. The number of carbonyl (C=O) groups excluding carboxylic acids is 2. The number of anilines is 1. The van der Waals surface area contributed by atoms with Crippen molar-refractivity contribution in [2.45, 2.75) is 45.6 Å². The summed E-state index contributed by atoms with van der Waals surface area (Å²) in [6.07, 6.45) is 1.76. The lowest BCUT2D eigenvalue weighted by molar-refractivity contribution is -0.121. The zero-order valence-corrected chi connectivity index (χ0v) is 15.4. The van der Waals surface area contributed by atoms with Crippen molar-refractivity contribution in [3.05, 3.63) is 41.5 Å². The second kappa shape index (κ2) is 7.78. The second-order valence-electron chi connectivity index (χ2n) is 6.76. The van der Waals surface area contributed by atoms with Crippen LogP contribution in [0.15, 0.2) is 28.8 Å². The number of aryl methyl sites for hydroxylation is 1. The van der Waals surface area contributed by atoms with Gasteiger partial charge in [-0.1, -0.05) is 17.3 Å². The minimum absolute atomic E-state index is 0.0655. The smallest absolute Gasteiger partial charge is 0.241 e. The molecule has 0 radical (unpaired) electrons. The van der Waals surface area contributed by atoms with E-state index in [-0.39, 0.29) is 23.7 Å². The largest absolute Gasteiger partial charge is 0.339 e. The van der Waals surface area contributed by atoms with E-state index in [1.54, 1.807) is 18.2 Å². The molecule has 0 bridgehead atoms. The van der Waals surface area contributed by atoms with Gasteiger partial charge in [0.15, 0.2) is 11.6 Å². The Bertz CT molecular complexity index is 794. The molecule has 1 N–H and O–H groups in total. The molecule has 1 aromatic carbocycles. The van der Waals surface area contributed by atoms with Crippen molar-refractivity contribution in [1.82, 2.24) is 15.0 Å². The minimum atomic E-state index is -0.277. The van der Waals surface area contributed by atoms with Gasteiger partial charge in [0.1, 0.15) is 0 Å². The molecule has 1 atom stereocenters. The highest BCUT2D eigenvalue weighted by molar-refractivity contribution is 6.04. The molecule has 1 aliphatic rings. The molecule has 3 rings (SSSR count). The van der Waals surface area contributed by atoms with Crippen molar-refractivity contribution in [1.29, 1.82) is 0 Å². The maximum absolute atomic E-state index is 12.6. The van der Waals surface area contributed by atoms with E-state index in [0.29, 0.717) is 23.0 Å². The Hall–Kier alpha value is -2.54. The molecule has 0 aliphatic carbocycles. The van der Waals surface area contributed by atoms with Crippen LogP contribution in [0.2, 0.25) is 0 Å². The maximum Gasteiger partial charge on any atom is 0.241 e. The lowest BCUT2D eigenvalue weighted by Gasteiger charge is -2.34.